The lowest BCUT2D eigenvalue weighted by Crippen LogP contribution is -2.28. The topological polar surface area (TPSA) is 86.3 Å². The van der Waals surface area contributed by atoms with E-state index in [1.807, 2.05) is 43.3 Å². The molecule has 1 N–H and O–H groups in total. The number of nitrogens with one attached hydrogen (secondary N) is 1. The molecule has 0 fully saturated rings. The number of methoxy groups -OCH3 is 1. The van der Waals surface area contributed by atoms with Crippen molar-refractivity contribution in [2.45, 2.75) is 6.54 Å². The van der Waals surface area contributed by atoms with Gasteiger partial charge in [-0.05, 0) is 29.8 Å². The van der Waals surface area contributed by atoms with Crippen molar-refractivity contribution in [1.29, 1.82) is 0 Å². The van der Waals surface area contributed by atoms with Crippen molar-refractivity contribution in [1.82, 2.24) is 5.32 Å². The first-order valence-corrected chi connectivity index (χ1v) is 9.15. The van der Waals surface area contributed by atoms with E-state index in [0.717, 1.165) is 11.3 Å². The standard InChI is InChI=1S/C21H24N2O6/c1-23(2)16-6-4-14(5-7-16)12-22-19(24)13-29-21(25)15-10-17(26-3)20-18(11-15)27-8-9-28-20/h4-7,10-11H,8-9,12-13H2,1-3H3,(H,22,24). The number of hydrogen-bond acceptors (Lipinski definition) is 7. The highest BCUT2D eigenvalue weighted by molar-refractivity contribution is 5.92. The minimum absolute atomic E-state index is 0.221. The number of benzene rings is 2. The number of ether oxygens (including phenoxy) is 4. The molecule has 0 saturated carbocycles. The fourth-order valence-corrected chi connectivity index (χ4v) is 2.77. The minimum atomic E-state index is -0.647. The van der Waals surface area contributed by atoms with Gasteiger partial charge in [0.05, 0.1) is 12.7 Å². The number of esters is 1. The summed E-state index contributed by atoms with van der Waals surface area (Å²) in [6.07, 6.45) is 0. The van der Waals surface area contributed by atoms with Crippen LogP contribution in [0.5, 0.6) is 17.2 Å². The number of hydrogen-bond donors (Lipinski definition) is 1. The molecular weight excluding hydrogens is 376 g/mol. The highest BCUT2D eigenvalue weighted by Gasteiger charge is 2.22. The average Bonchev–Trinajstić information content (AvgIpc) is 2.75. The van der Waals surface area contributed by atoms with Crippen molar-refractivity contribution in [2.75, 3.05) is 45.9 Å². The predicted molar refractivity (Wildman–Crippen MR) is 107 cm³/mol. The Bertz CT molecular complexity index is 862. The second-order valence-electron chi connectivity index (χ2n) is 6.62. The summed E-state index contributed by atoms with van der Waals surface area (Å²) in [6.45, 7) is 0.755. The van der Waals surface area contributed by atoms with Crippen molar-refractivity contribution < 1.29 is 28.5 Å². The molecule has 2 aromatic rings. The Morgan fingerprint density at radius 2 is 1.83 bits per heavy atom. The van der Waals surface area contributed by atoms with Gasteiger partial charge >= 0.3 is 5.97 Å². The van der Waals surface area contributed by atoms with Crippen LogP contribution in [0.25, 0.3) is 0 Å². The van der Waals surface area contributed by atoms with E-state index in [-0.39, 0.29) is 18.1 Å². The van der Waals surface area contributed by atoms with E-state index in [9.17, 15) is 9.59 Å². The molecule has 1 heterocycles. The summed E-state index contributed by atoms with van der Waals surface area (Å²) in [6, 6.07) is 10.8. The Labute approximate surface area is 169 Å². The fraction of sp³-hybridized carbons (Fsp3) is 0.333. The zero-order valence-corrected chi connectivity index (χ0v) is 16.7. The number of rotatable bonds is 7. The van der Waals surface area contributed by atoms with Crippen molar-refractivity contribution >= 4 is 17.6 Å². The Hall–Kier alpha value is -3.42. The van der Waals surface area contributed by atoms with E-state index in [4.69, 9.17) is 18.9 Å². The van der Waals surface area contributed by atoms with Gasteiger partial charge in [-0.2, -0.15) is 0 Å². The Kier molecular flexibility index (Phi) is 6.43. The molecule has 0 aliphatic carbocycles. The first-order chi connectivity index (χ1) is 14.0. The predicted octanol–water partition coefficient (Wildman–Crippen LogP) is 2.01. The maximum atomic E-state index is 12.3. The van der Waals surface area contributed by atoms with Crippen LogP contribution in [0.2, 0.25) is 0 Å². The number of anilines is 1. The molecule has 0 spiro atoms. The largest absolute Gasteiger partial charge is 0.493 e. The Morgan fingerprint density at radius 1 is 1.10 bits per heavy atom. The lowest BCUT2D eigenvalue weighted by atomic mass is 10.1. The molecule has 1 aliphatic rings. The highest BCUT2D eigenvalue weighted by atomic mass is 16.6. The quantitative estimate of drug-likeness (QED) is 0.712. The first-order valence-electron chi connectivity index (χ1n) is 9.15. The van der Waals surface area contributed by atoms with Crippen molar-refractivity contribution in [3.05, 3.63) is 47.5 Å². The molecule has 1 aliphatic heterocycles. The SMILES string of the molecule is COc1cc(C(=O)OCC(=O)NCc2ccc(N(C)C)cc2)cc2c1OCCO2. The Balaban J connectivity index is 1.53. The summed E-state index contributed by atoms with van der Waals surface area (Å²) >= 11 is 0. The molecular formula is C21H24N2O6. The van der Waals surface area contributed by atoms with E-state index in [2.05, 4.69) is 5.32 Å². The van der Waals surface area contributed by atoms with Crippen LogP contribution in [0.1, 0.15) is 15.9 Å². The molecule has 0 radical (unpaired) electrons. The van der Waals surface area contributed by atoms with Crippen molar-refractivity contribution in [3.63, 3.8) is 0 Å². The molecule has 2 aromatic carbocycles. The van der Waals surface area contributed by atoms with Gasteiger partial charge in [-0.25, -0.2) is 4.79 Å². The van der Waals surface area contributed by atoms with Crippen LogP contribution >= 0.6 is 0 Å². The first kappa shape index (κ1) is 20.3. The van der Waals surface area contributed by atoms with Gasteiger partial charge in [-0.15, -0.1) is 0 Å². The van der Waals surface area contributed by atoms with Gasteiger partial charge in [0.2, 0.25) is 5.75 Å². The van der Waals surface area contributed by atoms with Crippen molar-refractivity contribution in [2.24, 2.45) is 0 Å². The highest BCUT2D eigenvalue weighted by Crippen LogP contribution is 2.40. The lowest BCUT2D eigenvalue weighted by Gasteiger charge is -2.21. The summed E-state index contributed by atoms with van der Waals surface area (Å²) in [4.78, 5) is 26.3. The summed E-state index contributed by atoms with van der Waals surface area (Å²) in [7, 11) is 5.39. The molecule has 8 heteroatoms. The van der Waals surface area contributed by atoms with Crippen LogP contribution in [-0.2, 0) is 16.1 Å². The van der Waals surface area contributed by atoms with Gasteiger partial charge in [0.15, 0.2) is 18.1 Å². The Morgan fingerprint density at radius 3 is 2.52 bits per heavy atom. The van der Waals surface area contributed by atoms with E-state index in [0.29, 0.717) is 37.0 Å². The van der Waals surface area contributed by atoms with Gasteiger partial charge in [0, 0.05) is 26.3 Å². The van der Waals surface area contributed by atoms with Gasteiger partial charge in [0.1, 0.15) is 13.2 Å². The van der Waals surface area contributed by atoms with Gasteiger partial charge in [0.25, 0.3) is 5.91 Å². The maximum absolute atomic E-state index is 12.3. The molecule has 3 rings (SSSR count). The third kappa shape index (κ3) is 5.10. The second kappa shape index (κ2) is 9.18. The molecule has 29 heavy (non-hydrogen) atoms. The van der Waals surface area contributed by atoms with E-state index < -0.39 is 5.97 Å². The van der Waals surface area contributed by atoms with E-state index >= 15 is 0 Å². The fourth-order valence-electron chi connectivity index (χ4n) is 2.77. The van der Waals surface area contributed by atoms with E-state index in [1.165, 1.54) is 19.2 Å². The molecule has 1 amide bonds. The molecule has 0 unspecified atom stereocenters. The van der Waals surface area contributed by atoms with Gasteiger partial charge in [-0.3, -0.25) is 4.79 Å². The molecule has 0 saturated heterocycles. The molecule has 0 bridgehead atoms. The normalized spacial score (nSPS) is 12.1. The van der Waals surface area contributed by atoms with Crippen molar-refractivity contribution in [3.8, 4) is 17.2 Å². The summed E-state index contributed by atoms with van der Waals surface area (Å²) < 4.78 is 21.4. The lowest BCUT2D eigenvalue weighted by molar-refractivity contribution is -0.124. The maximum Gasteiger partial charge on any atom is 0.338 e. The van der Waals surface area contributed by atoms with E-state index in [1.54, 1.807) is 0 Å². The summed E-state index contributed by atoms with van der Waals surface area (Å²) in [5.41, 5.74) is 2.24. The molecule has 154 valence electrons. The number of carbonyl (C=O) groups is 2. The summed E-state index contributed by atoms with van der Waals surface area (Å²) in [5, 5.41) is 2.73. The second-order valence-corrected chi connectivity index (χ2v) is 6.62. The van der Waals surface area contributed by atoms with Gasteiger partial charge in [-0.1, -0.05) is 12.1 Å². The van der Waals surface area contributed by atoms with Crippen LogP contribution in [0.4, 0.5) is 5.69 Å². The van der Waals surface area contributed by atoms with Crippen LogP contribution in [0, 0.1) is 0 Å². The van der Waals surface area contributed by atoms with Gasteiger partial charge < -0.3 is 29.2 Å². The average molecular weight is 400 g/mol. The third-order valence-electron chi connectivity index (χ3n) is 4.34. The van der Waals surface area contributed by atoms with Crippen LogP contribution in [0.3, 0.4) is 0 Å². The smallest absolute Gasteiger partial charge is 0.338 e. The summed E-state index contributed by atoms with van der Waals surface area (Å²) in [5.74, 6) is 0.201. The van der Waals surface area contributed by atoms with Crippen LogP contribution < -0.4 is 24.4 Å². The number of carbonyl (C=O) groups excluding carboxylic acids is 2. The zero-order chi connectivity index (χ0) is 20.8. The van der Waals surface area contributed by atoms with Crippen LogP contribution in [-0.4, -0.2) is 52.9 Å². The number of amides is 1. The molecule has 0 atom stereocenters. The number of fused-ring (bicyclic) bond motifs is 1. The monoisotopic (exact) mass is 400 g/mol. The van der Waals surface area contributed by atoms with Crippen LogP contribution in [0.15, 0.2) is 36.4 Å². The zero-order valence-electron chi connectivity index (χ0n) is 16.7. The molecule has 0 aromatic heterocycles. The minimum Gasteiger partial charge on any atom is -0.493 e. The third-order valence-corrected chi connectivity index (χ3v) is 4.34. The number of nitrogens with zero attached hydrogens (tertiary/aromatic N) is 1. The molecule has 8 nitrogen and oxygen atoms in total.